The maximum Gasteiger partial charge on any atom is 0.123 e. The Hall–Kier alpha value is -1.37. The predicted octanol–water partition coefficient (Wildman–Crippen LogP) is 5.34. The van der Waals surface area contributed by atoms with Gasteiger partial charge in [0.25, 0.3) is 0 Å². The Morgan fingerprint density at radius 2 is 1.78 bits per heavy atom. The molecule has 1 saturated carbocycles. The minimum Gasteiger partial charge on any atom is -0.207 e. The first-order valence-electron chi connectivity index (χ1n) is 6.94. The first-order chi connectivity index (χ1) is 8.74. The van der Waals surface area contributed by atoms with Crippen molar-refractivity contribution in [1.82, 2.24) is 0 Å². The lowest BCUT2D eigenvalue weighted by molar-refractivity contribution is 0.445. The first kappa shape index (κ1) is 11.7. The van der Waals surface area contributed by atoms with Crippen LogP contribution >= 0.6 is 0 Å². The largest absolute Gasteiger partial charge is 0.207 e. The molecule has 1 aliphatic carbocycles. The van der Waals surface area contributed by atoms with E-state index in [0.29, 0.717) is 5.92 Å². The molecular weight excluding hydrogens is 223 g/mol. The Bertz CT molecular complexity index is 565. The highest BCUT2D eigenvalue weighted by Gasteiger charge is 2.18. The minimum atomic E-state index is -0.122. The van der Waals surface area contributed by atoms with Crippen LogP contribution in [0.1, 0.15) is 49.1 Å². The lowest BCUT2D eigenvalue weighted by atomic mass is 9.81. The van der Waals surface area contributed by atoms with E-state index in [-0.39, 0.29) is 5.82 Å². The Kier molecular flexibility index (Phi) is 3.07. The van der Waals surface area contributed by atoms with Crippen LogP contribution in [0, 0.1) is 12.7 Å². The summed E-state index contributed by atoms with van der Waals surface area (Å²) in [7, 11) is 0. The van der Waals surface area contributed by atoms with Gasteiger partial charge in [-0.1, -0.05) is 43.0 Å². The van der Waals surface area contributed by atoms with E-state index in [1.54, 1.807) is 12.1 Å². The second kappa shape index (κ2) is 4.72. The fourth-order valence-corrected chi connectivity index (χ4v) is 3.27. The van der Waals surface area contributed by atoms with E-state index in [1.807, 2.05) is 6.07 Å². The topological polar surface area (TPSA) is 0 Å². The standard InChI is InChI=1S/C17H19F/c1-12-9-14-7-8-15(18)11-17(14)16(10-12)13-5-3-2-4-6-13/h7-11,13H,2-6H2,1H3. The molecule has 0 bridgehead atoms. The Morgan fingerprint density at radius 1 is 1.00 bits per heavy atom. The van der Waals surface area contributed by atoms with Gasteiger partial charge in [0, 0.05) is 0 Å². The summed E-state index contributed by atoms with van der Waals surface area (Å²) >= 11 is 0. The summed E-state index contributed by atoms with van der Waals surface area (Å²) in [5.41, 5.74) is 2.65. The maximum absolute atomic E-state index is 13.5. The third-order valence-electron chi connectivity index (χ3n) is 4.14. The van der Waals surface area contributed by atoms with Crippen LogP contribution in [0.15, 0.2) is 30.3 Å². The third-order valence-corrected chi connectivity index (χ3v) is 4.14. The zero-order valence-electron chi connectivity index (χ0n) is 10.9. The zero-order valence-corrected chi connectivity index (χ0v) is 10.9. The fourth-order valence-electron chi connectivity index (χ4n) is 3.27. The average Bonchev–Trinajstić information content (AvgIpc) is 2.39. The van der Waals surface area contributed by atoms with Crippen molar-refractivity contribution in [2.75, 3.05) is 0 Å². The molecule has 0 saturated heterocycles. The SMILES string of the molecule is Cc1cc(C2CCCCC2)c2cc(F)ccc2c1. The monoisotopic (exact) mass is 242 g/mol. The van der Waals surface area contributed by atoms with Crippen molar-refractivity contribution < 1.29 is 4.39 Å². The number of rotatable bonds is 1. The maximum atomic E-state index is 13.5. The molecule has 2 aromatic rings. The molecule has 0 amide bonds. The molecule has 0 nitrogen and oxygen atoms in total. The number of hydrogen-bond donors (Lipinski definition) is 0. The number of aryl methyl sites for hydroxylation is 1. The van der Waals surface area contributed by atoms with E-state index in [9.17, 15) is 4.39 Å². The van der Waals surface area contributed by atoms with Gasteiger partial charge in [-0.3, -0.25) is 0 Å². The van der Waals surface area contributed by atoms with E-state index in [2.05, 4.69) is 19.1 Å². The molecule has 0 heterocycles. The lowest BCUT2D eigenvalue weighted by Crippen LogP contribution is -2.05. The van der Waals surface area contributed by atoms with Crippen LogP contribution in [0.5, 0.6) is 0 Å². The van der Waals surface area contributed by atoms with Gasteiger partial charge in [-0.2, -0.15) is 0 Å². The number of fused-ring (bicyclic) bond motifs is 1. The normalized spacial score (nSPS) is 17.2. The molecule has 1 fully saturated rings. The molecule has 0 spiro atoms. The van der Waals surface area contributed by atoms with E-state index in [4.69, 9.17) is 0 Å². The van der Waals surface area contributed by atoms with E-state index >= 15 is 0 Å². The Labute approximate surface area is 108 Å². The molecule has 0 N–H and O–H groups in total. The zero-order chi connectivity index (χ0) is 12.5. The van der Waals surface area contributed by atoms with Gasteiger partial charge in [-0.25, -0.2) is 4.39 Å². The minimum absolute atomic E-state index is 0.122. The van der Waals surface area contributed by atoms with Crippen molar-refractivity contribution in [1.29, 1.82) is 0 Å². The van der Waals surface area contributed by atoms with Crippen molar-refractivity contribution in [2.45, 2.75) is 44.9 Å². The number of halogens is 1. The van der Waals surface area contributed by atoms with Crippen LogP contribution < -0.4 is 0 Å². The summed E-state index contributed by atoms with van der Waals surface area (Å²) in [6, 6.07) is 9.59. The van der Waals surface area contributed by atoms with Gasteiger partial charge in [-0.15, -0.1) is 0 Å². The van der Waals surface area contributed by atoms with Crippen molar-refractivity contribution in [3.8, 4) is 0 Å². The molecule has 0 aromatic heterocycles. The molecule has 0 radical (unpaired) electrons. The van der Waals surface area contributed by atoms with Gasteiger partial charge >= 0.3 is 0 Å². The molecule has 1 heteroatoms. The first-order valence-corrected chi connectivity index (χ1v) is 6.94. The summed E-state index contributed by atoms with van der Waals surface area (Å²) in [4.78, 5) is 0. The summed E-state index contributed by atoms with van der Waals surface area (Å²) in [6.45, 7) is 2.13. The smallest absolute Gasteiger partial charge is 0.123 e. The van der Waals surface area contributed by atoms with Crippen molar-refractivity contribution >= 4 is 10.8 Å². The highest BCUT2D eigenvalue weighted by atomic mass is 19.1. The molecule has 0 aliphatic heterocycles. The van der Waals surface area contributed by atoms with E-state index in [1.165, 1.54) is 48.6 Å². The summed E-state index contributed by atoms with van der Waals surface area (Å²) < 4.78 is 13.5. The van der Waals surface area contributed by atoms with Crippen LogP contribution in [-0.4, -0.2) is 0 Å². The van der Waals surface area contributed by atoms with Crippen LogP contribution in [0.2, 0.25) is 0 Å². The third kappa shape index (κ3) is 2.14. The Morgan fingerprint density at radius 3 is 2.56 bits per heavy atom. The van der Waals surface area contributed by atoms with E-state index in [0.717, 1.165) is 5.39 Å². The molecule has 18 heavy (non-hydrogen) atoms. The highest BCUT2D eigenvalue weighted by Crippen LogP contribution is 2.37. The lowest BCUT2D eigenvalue weighted by Gasteiger charge is -2.24. The van der Waals surface area contributed by atoms with Crippen LogP contribution in [0.3, 0.4) is 0 Å². The molecule has 0 unspecified atom stereocenters. The summed E-state index contributed by atoms with van der Waals surface area (Å²) in [6.07, 6.45) is 6.50. The van der Waals surface area contributed by atoms with Crippen molar-refractivity contribution in [3.63, 3.8) is 0 Å². The van der Waals surface area contributed by atoms with Gasteiger partial charge in [0.1, 0.15) is 5.82 Å². The number of benzene rings is 2. The van der Waals surface area contributed by atoms with Gasteiger partial charge < -0.3 is 0 Å². The van der Waals surface area contributed by atoms with Crippen molar-refractivity contribution in [3.05, 3.63) is 47.3 Å². The molecule has 1 aliphatic rings. The second-order valence-electron chi connectivity index (χ2n) is 5.55. The second-order valence-corrected chi connectivity index (χ2v) is 5.55. The molecule has 3 rings (SSSR count). The highest BCUT2D eigenvalue weighted by molar-refractivity contribution is 5.87. The van der Waals surface area contributed by atoms with Gasteiger partial charge in [0.05, 0.1) is 0 Å². The van der Waals surface area contributed by atoms with E-state index < -0.39 is 0 Å². The molecule has 94 valence electrons. The predicted molar refractivity (Wildman–Crippen MR) is 74.5 cm³/mol. The average molecular weight is 242 g/mol. The van der Waals surface area contributed by atoms with Crippen molar-refractivity contribution in [2.24, 2.45) is 0 Å². The fraction of sp³-hybridized carbons (Fsp3) is 0.412. The van der Waals surface area contributed by atoms with Crippen LogP contribution in [0.4, 0.5) is 4.39 Å². The number of hydrogen-bond acceptors (Lipinski definition) is 0. The quantitative estimate of drug-likeness (QED) is 0.633. The molecule has 0 atom stereocenters. The summed E-state index contributed by atoms with van der Waals surface area (Å²) in [5.74, 6) is 0.506. The molecule has 2 aromatic carbocycles. The Balaban J connectivity index is 2.16. The van der Waals surface area contributed by atoms with Gasteiger partial charge in [-0.05, 0) is 54.2 Å². The van der Waals surface area contributed by atoms with Gasteiger partial charge in [0.15, 0.2) is 0 Å². The molecular formula is C17H19F. The van der Waals surface area contributed by atoms with Crippen LogP contribution in [-0.2, 0) is 0 Å². The van der Waals surface area contributed by atoms with Gasteiger partial charge in [0.2, 0.25) is 0 Å². The van der Waals surface area contributed by atoms with Crippen LogP contribution in [0.25, 0.3) is 10.8 Å². The summed E-state index contributed by atoms with van der Waals surface area (Å²) in [5, 5.41) is 2.30.